The van der Waals surface area contributed by atoms with Crippen molar-refractivity contribution in [2.75, 3.05) is 19.7 Å². The molecule has 0 amide bonds. The van der Waals surface area contributed by atoms with E-state index in [2.05, 4.69) is 10.3 Å². The number of ether oxygens (including phenoxy) is 2. The average molecular weight is 288 g/mol. The normalized spacial score (nSPS) is 20.0. The SMILES string of the molecule is Fc1ccccc1OC(c1cccnc1)C1CNCCO1. The Morgan fingerprint density at radius 3 is 2.90 bits per heavy atom. The molecule has 0 radical (unpaired) electrons. The third-order valence-corrected chi connectivity index (χ3v) is 3.40. The van der Waals surface area contributed by atoms with Gasteiger partial charge in [0.25, 0.3) is 0 Å². The van der Waals surface area contributed by atoms with Crippen molar-refractivity contribution in [2.24, 2.45) is 0 Å². The number of aromatic nitrogens is 1. The molecule has 1 aliphatic heterocycles. The summed E-state index contributed by atoms with van der Waals surface area (Å²) in [5.74, 6) is -0.157. The van der Waals surface area contributed by atoms with Crippen LogP contribution >= 0.6 is 0 Å². The van der Waals surface area contributed by atoms with E-state index in [-0.39, 0.29) is 17.7 Å². The summed E-state index contributed by atoms with van der Waals surface area (Å²) in [5, 5.41) is 3.27. The van der Waals surface area contributed by atoms with Crippen LogP contribution < -0.4 is 10.1 Å². The highest BCUT2D eigenvalue weighted by atomic mass is 19.1. The minimum atomic E-state index is -0.400. The van der Waals surface area contributed by atoms with E-state index in [0.717, 1.165) is 12.1 Å². The summed E-state index contributed by atoms with van der Waals surface area (Å²) in [4.78, 5) is 4.11. The Balaban J connectivity index is 1.87. The molecule has 1 aromatic carbocycles. The number of hydrogen-bond donors (Lipinski definition) is 1. The van der Waals surface area contributed by atoms with Crippen LogP contribution in [0.1, 0.15) is 11.7 Å². The van der Waals surface area contributed by atoms with Crippen molar-refractivity contribution in [3.63, 3.8) is 0 Å². The summed E-state index contributed by atoms with van der Waals surface area (Å²) >= 11 is 0. The van der Waals surface area contributed by atoms with Gasteiger partial charge in [-0.05, 0) is 18.2 Å². The lowest BCUT2D eigenvalue weighted by Crippen LogP contribution is -2.43. The topological polar surface area (TPSA) is 43.4 Å². The number of para-hydroxylation sites is 1. The number of hydrogen-bond acceptors (Lipinski definition) is 4. The van der Waals surface area contributed by atoms with Crippen LogP contribution in [0.15, 0.2) is 48.8 Å². The van der Waals surface area contributed by atoms with Crippen molar-refractivity contribution in [1.82, 2.24) is 10.3 Å². The average Bonchev–Trinajstić information content (AvgIpc) is 2.56. The van der Waals surface area contributed by atoms with Crippen LogP contribution in [0.25, 0.3) is 0 Å². The van der Waals surface area contributed by atoms with Crippen molar-refractivity contribution in [3.8, 4) is 5.75 Å². The minimum Gasteiger partial charge on any atom is -0.480 e. The second-order valence-corrected chi connectivity index (χ2v) is 4.87. The zero-order valence-electron chi connectivity index (χ0n) is 11.5. The molecule has 0 spiro atoms. The van der Waals surface area contributed by atoms with E-state index >= 15 is 0 Å². The molecule has 3 rings (SSSR count). The Morgan fingerprint density at radius 1 is 1.29 bits per heavy atom. The van der Waals surface area contributed by atoms with Gasteiger partial charge in [-0.1, -0.05) is 18.2 Å². The number of nitrogens with one attached hydrogen (secondary N) is 1. The standard InChI is InChI=1S/C16H17FN2O2/c17-13-5-1-2-6-14(13)21-16(12-4-3-7-18-10-12)15-11-19-8-9-20-15/h1-7,10,15-16,19H,8-9,11H2. The lowest BCUT2D eigenvalue weighted by Gasteiger charge is -2.31. The third-order valence-electron chi connectivity index (χ3n) is 3.40. The van der Waals surface area contributed by atoms with Gasteiger partial charge in [0, 0.05) is 31.0 Å². The first kappa shape index (κ1) is 14.0. The highest BCUT2D eigenvalue weighted by Gasteiger charge is 2.28. The molecular weight excluding hydrogens is 271 g/mol. The molecule has 2 unspecified atom stereocenters. The molecule has 1 saturated heterocycles. The molecule has 1 aliphatic rings. The predicted molar refractivity (Wildman–Crippen MR) is 76.6 cm³/mol. The lowest BCUT2D eigenvalue weighted by atomic mass is 10.1. The smallest absolute Gasteiger partial charge is 0.165 e. The quantitative estimate of drug-likeness (QED) is 0.937. The fourth-order valence-corrected chi connectivity index (χ4v) is 2.36. The number of morpholine rings is 1. The fourth-order valence-electron chi connectivity index (χ4n) is 2.36. The molecule has 0 saturated carbocycles. The second kappa shape index (κ2) is 6.65. The van der Waals surface area contributed by atoms with Crippen molar-refractivity contribution in [2.45, 2.75) is 12.2 Å². The summed E-state index contributed by atoms with van der Waals surface area (Å²) in [7, 11) is 0. The fraction of sp³-hybridized carbons (Fsp3) is 0.312. The molecule has 110 valence electrons. The molecule has 1 aromatic heterocycles. The Kier molecular flexibility index (Phi) is 4.43. The van der Waals surface area contributed by atoms with Crippen LogP contribution in [-0.4, -0.2) is 30.8 Å². The van der Waals surface area contributed by atoms with E-state index in [1.54, 1.807) is 30.6 Å². The predicted octanol–water partition coefficient (Wildman–Crippen LogP) is 2.33. The Hall–Kier alpha value is -1.98. The summed E-state index contributed by atoms with van der Waals surface area (Å²) in [6.45, 7) is 2.09. The zero-order chi connectivity index (χ0) is 14.5. The molecule has 2 atom stereocenters. The van der Waals surface area contributed by atoms with Gasteiger partial charge in [-0.3, -0.25) is 4.98 Å². The van der Waals surface area contributed by atoms with Gasteiger partial charge in [-0.2, -0.15) is 0 Å². The van der Waals surface area contributed by atoms with E-state index in [0.29, 0.717) is 13.2 Å². The second-order valence-electron chi connectivity index (χ2n) is 4.87. The molecule has 2 heterocycles. The van der Waals surface area contributed by atoms with Crippen molar-refractivity contribution in [3.05, 3.63) is 60.2 Å². The Labute approximate surface area is 122 Å². The van der Waals surface area contributed by atoms with Gasteiger partial charge in [0.15, 0.2) is 17.7 Å². The van der Waals surface area contributed by atoms with Crippen LogP contribution in [-0.2, 0) is 4.74 Å². The van der Waals surface area contributed by atoms with E-state index < -0.39 is 6.10 Å². The minimum absolute atomic E-state index is 0.178. The summed E-state index contributed by atoms with van der Waals surface area (Å²) in [6.07, 6.45) is 2.85. The largest absolute Gasteiger partial charge is 0.480 e. The maximum absolute atomic E-state index is 13.8. The van der Waals surface area contributed by atoms with Gasteiger partial charge in [0.1, 0.15) is 6.10 Å². The third kappa shape index (κ3) is 3.37. The first-order valence-electron chi connectivity index (χ1n) is 6.98. The van der Waals surface area contributed by atoms with Gasteiger partial charge >= 0.3 is 0 Å². The maximum Gasteiger partial charge on any atom is 0.165 e. The molecule has 1 N–H and O–H groups in total. The number of halogens is 1. The summed E-state index contributed by atoms with van der Waals surface area (Å²) in [6, 6.07) is 10.1. The summed E-state index contributed by atoms with van der Waals surface area (Å²) in [5.41, 5.74) is 0.870. The molecule has 0 aliphatic carbocycles. The lowest BCUT2D eigenvalue weighted by molar-refractivity contribution is -0.0443. The van der Waals surface area contributed by atoms with E-state index in [1.165, 1.54) is 6.07 Å². The van der Waals surface area contributed by atoms with Crippen LogP contribution in [0.3, 0.4) is 0 Å². The van der Waals surface area contributed by atoms with Crippen molar-refractivity contribution >= 4 is 0 Å². The molecule has 0 bridgehead atoms. The first-order chi connectivity index (χ1) is 10.3. The van der Waals surface area contributed by atoms with Crippen LogP contribution in [0.4, 0.5) is 4.39 Å². The van der Waals surface area contributed by atoms with E-state index in [9.17, 15) is 4.39 Å². The molecule has 5 heteroatoms. The number of pyridine rings is 1. The van der Waals surface area contributed by atoms with E-state index in [1.807, 2.05) is 12.1 Å². The van der Waals surface area contributed by atoms with Crippen molar-refractivity contribution in [1.29, 1.82) is 0 Å². The highest BCUT2D eigenvalue weighted by Crippen LogP contribution is 2.28. The Morgan fingerprint density at radius 2 is 2.19 bits per heavy atom. The van der Waals surface area contributed by atoms with E-state index in [4.69, 9.17) is 9.47 Å². The van der Waals surface area contributed by atoms with Crippen LogP contribution in [0.5, 0.6) is 5.75 Å². The summed E-state index contributed by atoms with van der Waals surface area (Å²) < 4.78 is 25.5. The molecule has 21 heavy (non-hydrogen) atoms. The molecule has 4 nitrogen and oxygen atoms in total. The monoisotopic (exact) mass is 288 g/mol. The zero-order valence-corrected chi connectivity index (χ0v) is 11.5. The van der Waals surface area contributed by atoms with Gasteiger partial charge in [0.05, 0.1) is 6.61 Å². The number of nitrogens with zero attached hydrogens (tertiary/aromatic N) is 1. The number of rotatable bonds is 4. The first-order valence-corrected chi connectivity index (χ1v) is 6.98. The van der Waals surface area contributed by atoms with Gasteiger partial charge in [0.2, 0.25) is 0 Å². The molecule has 2 aromatic rings. The van der Waals surface area contributed by atoms with Crippen LogP contribution in [0.2, 0.25) is 0 Å². The van der Waals surface area contributed by atoms with Crippen molar-refractivity contribution < 1.29 is 13.9 Å². The molecule has 1 fully saturated rings. The van der Waals surface area contributed by atoms with Crippen LogP contribution in [0, 0.1) is 5.82 Å². The number of benzene rings is 1. The van der Waals surface area contributed by atoms with Gasteiger partial charge < -0.3 is 14.8 Å². The highest BCUT2D eigenvalue weighted by molar-refractivity contribution is 5.26. The van der Waals surface area contributed by atoms with Gasteiger partial charge in [-0.15, -0.1) is 0 Å². The maximum atomic E-state index is 13.8. The Bertz CT molecular complexity index is 573. The van der Waals surface area contributed by atoms with Gasteiger partial charge in [-0.25, -0.2) is 4.39 Å². The molecular formula is C16H17FN2O2.